The molecule has 1 aliphatic heterocycles. The molecule has 0 spiro atoms. The number of nitrogens with zero attached hydrogens (tertiary/aromatic N) is 2. The van der Waals surface area contributed by atoms with E-state index in [1.54, 1.807) is 12.3 Å². The lowest BCUT2D eigenvalue weighted by molar-refractivity contribution is 0.0740. The molecule has 0 saturated heterocycles. The SMILES string of the molecule is O=C(c1ccc2c(c1)OCCCO2)N(CCCc1ccccc1)Cc1cccnc1. The van der Waals surface area contributed by atoms with E-state index in [0.29, 0.717) is 43.4 Å². The van der Waals surface area contributed by atoms with Gasteiger partial charge >= 0.3 is 0 Å². The predicted octanol–water partition coefficient (Wildman–Crippen LogP) is 4.52. The van der Waals surface area contributed by atoms with Crippen molar-refractivity contribution in [3.63, 3.8) is 0 Å². The summed E-state index contributed by atoms with van der Waals surface area (Å²) in [6, 6.07) is 19.7. The van der Waals surface area contributed by atoms with Gasteiger partial charge in [0.05, 0.1) is 13.2 Å². The molecule has 0 aliphatic carbocycles. The van der Waals surface area contributed by atoms with Crippen LogP contribution in [-0.2, 0) is 13.0 Å². The number of carbonyl (C=O) groups is 1. The fraction of sp³-hybridized carbons (Fsp3) is 0.280. The van der Waals surface area contributed by atoms with E-state index in [9.17, 15) is 4.79 Å². The van der Waals surface area contributed by atoms with Crippen molar-refractivity contribution in [3.8, 4) is 11.5 Å². The molecule has 4 rings (SSSR count). The Kier molecular flexibility index (Phi) is 6.60. The van der Waals surface area contributed by atoms with Crippen LogP contribution in [0.1, 0.15) is 34.3 Å². The molecule has 1 aromatic heterocycles. The summed E-state index contributed by atoms with van der Waals surface area (Å²) in [6.07, 6.45) is 6.21. The summed E-state index contributed by atoms with van der Waals surface area (Å²) in [7, 11) is 0. The zero-order valence-corrected chi connectivity index (χ0v) is 17.0. The number of rotatable bonds is 7. The van der Waals surface area contributed by atoms with Crippen molar-refractivity contribution < 1.29 is 14.3 Å². The van der Waals surface area contributed by atoms with E-state index in [4.69, 9.17) is 9.47 Å². The van der Waals surface area contributed by atoms with Crippen LogP contribution in [0.15, 0.2) is 73.1 Å². The van der Waals surface area contributed by atoms with Crippen molar-refractivity contribution in [1.82, 2.24) is 9.88 Å². The standard InChI is InChI=1S/C25H26N2O3/c28-25(22-11-12-23-24(17-22)30-16-6-15-29-23)27(19-21-9-4-13-26-18-21)14-5-10-20-7-2-1-3-8-20/h1-4,7-9,11-13,17-18H,5-6,10,14-16,19H2. The molecule has 0 fully saturated rings. The molecule has 0 atom stereocenters. The smallest absolute Gasteiger partial charge is 0.254 e. The molecule has 30 heavy (non-hydrogen) atoms. The van der Waals surface area contributed by atoms with E-state index in [1.807, 2.05) is 53.6 Å². The average molecular weight is 402 g/mol. The monoisotopic (exact) mass is 402 g/mol. The quantitative estimate of drug-likeness (QED) is 0.583. The highest BCUT2D eigenvalue weighted by molar-refractivity contribution is 5.95. The second-order valence-electron chi connectivity index (χ2n) is 7.39. The molecule has 2 heterocycles. The summed E-state index contributed by atoms with van der Waals surface area (Å²) in [6.45, 7) is 2.42. The molecule has 1 aliphatic rings. The minimum Gasteiger partial charge on any atom is -0.490 e. The first-order valence-corrected chi connectivity index (χ1v) is 10.4. The lowest BCUT2D eigenvalue weighted by atomic mass is 10.1. The summed E-state index contributed by atoms with van der Waals surface area (Å²) < 4.78 is 11.5. The lowest BCUT2D eigenvalue weighted by Crippen LogP contribution is -2.32. The summed E-state index contributed by atoms with van der Waals surface area (Å²) in [5, 5.41) is 0. The minimum atomic E-state index is -0.0115. The first-order chi connectivity index (χ1) is 14.8. The number of aryl methyl sites for hydroxylation is 1. The van der Waals surface area contributed by atoms with Gasteiger partial charge in [0.2, 0.25) is 0 Å². The van der Waals surface area contributed by atoms with Gasteiger partial charge in [-0.1, -0.05) is 36.4 Å². The Hall–Kier alpha value is -3.34. The fourth-order valence-electron chi connectivity index (χ4n) is 3.56. The zero-order valence-electron chi connectivity index (χ0n) is 17.0. The van der Waals surface area contributed by atoms with Crippen LogP contribution in [-0.4, -0.2) is 35.5 Å². The number of aromatic nitrogens is 1. The van der Waals surface area contributed by atoms with Gasteiger partial charge in [0.1, 0.15) is 0 Å². The molecule has 0 unspecified atom stereocenters. The number of benzene rings is 2. The van der Waals surface area contributed by atoms with E-state index >= 15 is 0 Å². The summed E-state index contributed by atoms with van der Waals surface area (Å²) in [4.78, 5) is 19.5. The molecule has 154 valence electrons. The normalized spacial score (nSPS) is 12.8. The number of amides is 1. The van der Waals surface area contributed by atoms with Crippen LogP contribution < -0.4 is 9.47 Å². The summed E-state index contributed by atoms with van der Waals surface area (Å²) in [5.74, 6) is 1.33. The Bertz CT molecular complexity index is 961. The Morgan fingerprint density at radius 3 is 2.53 bits per heavy atom. The molecule has 5 heteroatoms. The maximum atomic E-state index is 13.4. The number of fused-ring (bicyclic) bond motifs is 1. The first kappa shape index (κ1) is 20.0. The van der Waals surface area contributed by atoms with Gasteiger partial charge in [-0.3, -0.25) is 9.78 Å². The lowest BCUT2D eigenvalue weighted by Gasteiger charge is -2.23. The zero-order chi connectivity index (χ0) is 20.6. The van der Waals surface area contributed by atoms with Crippen molar-refractivity contribution >= 4 is 5.91 Å². The predicted molar refractivity (Wildman–Crippen MR) is 116 cm³/mol. The Labute approximate surface area is 177 Å². The third kappa shape index (κ3) is 5.17. The maximum absolute atomic E-state index is 13.4. The Morgan fingerprint density at radius 1 is 0.933 bits per heavy atom. The highest BCUT2D eigenvalue weighted by atomic mass is 16.5. The largest absolute Gasteiger partial charge is 0.490 e. The summed E-state index contributed by atoms with van der Waals surface area (Å²) >= 11 is 0. The van der Waals surface area contributed by atoms with Gasteiger partial charge in [0.15, 0.2) is 11.5 Å². The van der Waals surface area contributed by atoms with Gasteiger partial charge < -0.3 is 14.4 Å². The van der Waals surface area contributed by atoms with Gasteiger partial charge in [0.25, 0.3) is 5.91 Å². The molecule has 2 aromatic carbocycles. The van der Waals surface area contributed by atoms with Crippen LogP contribution >= 0.6 is 0 Å². The Morgan fingerprint density at radius 2 is 1.73 bits per heavy atom. The van der Waals surface area contributed by atoms with E-state index in [0.717, 1.165) is 24.8 Å². The first-order valence-electron chi connectivity index (χ1n) is 10.4. The Balaban J connectivity index is 1.50. The minimum absolute atomic E-state index is 0.0115. The van der Waals surface area contributed by atoms with Gasteiger partial charge in [-0.2, -0.15) is 0 Å². The fourth-order valence-corrected chi connectivity index (χ4v) is 3.56. The molecular weight excluding hydrogens is 376 g/mol. The highest BCUT2D eigenvalue weighted by Crippen LogP contribution is 2.31. The topological polar surface area (TPSA) is 51.7 Å². The third-order valence-corrected chi connectivity index (χ3v) is 5.11. The molecule has 3 aromatic rings. The molecule has 0 radical (unpaired) electrons. The number of pyridine rings is 1. The van der Waals surface area contributed by atoms with Gasteiger partial charge in [-0.25, -0.2) is 0 Å². The van der Waals surface area contributed by atoms with Crippen LogP contribution in [0.25, 0.3) is 0 Å². The molecule has 0 N–H and O–H groups in total. The van der Waals surface area contributed by atoms with Crippen molar-refractivity contribution in [1.29, 1.82) is 0 Å². The number of carbonyl (C=O) groups excluding carboxylic acids is 1. The molecular formula is C25H26N2O3. The van der Waals surface area contributed by atoms with E-state index in [1.165, 1.54) is 5.56 Å². The average Bonchev–Trinajstić information content (AvgIpc) is 3.04. The van der Waals surface area contributed by atoms with Crippen LogP contribution in [0.2, 0.25) is 0 Å². The van der Waals surface area contributed by atoms with Crippen molar-refractivity contribution in [2.24, 2.45) is 0 Å². The van der Waals surface area contributed by atoms with E-state index in [-0.39, 0.29) is 5.91 Å². The van der Waals surface area contributed by atoms with Crippen molar-refractivity contribution in [2.45, 2.75) is 25.8 Å². The van der Waals surface area contributed by atoms with Gasteiger partial charge in [-0.05, 0) is 48.2 Å². The number of ether oxygens (including phenoxy) is 2. The van der Waals surface area contributed by atoms with Crippen molar-refractivity contribution in [2.75, 3.05) is 19.8 Å². The number of hydrogen-bond donors (Lipinski definition) is 0. The van der Waals surface area contributed by atoms with Gasteiger partial charge in [-0.15, -0.1) is 0 Å². The molecule has 1 amide bonds. The van der Waals surface area contributed by atoms with Crippen LogP contribution in [0.4, 0.5) is 0 Å². The summed E-state index contributed by atoms with van der Waals surface area (Å²) in [5.41, 5.74) is 2.91. The highest BCUT2D eigenvalue weighted by Gasteiger charge is 2.19. The second kappa shape index (κ2) is 9.92. The van der Waals surface area contributed by atoms with Gasteiger partial charge in [0, 0.05) is 37.5 Å². The van der Waals surface area contributed by atoms with E-state index in [2.05, 4.69) is 17.1 Å². The molecule has 5 nitrogen and oxygen atoms in total. The second-order valence-corrected chi connectivity index (χ2v) is 7.39. The van der Waals surface area contributed by atoms with E-state index < -0.39 is 0 Å². The molecule has 0 bridgehead atoms. The van der Waals surface area contributed by atoms with Crippen LogP contribution in [0, 0.1) is 0 Å². The van der Waals surface area contributed by atoms with Crippen LogP contribution in [0.5, 0.6) is 11.5 Å². The maximum Gasteiger partial charge on any atom is 0.254 e. The molecule has 0 saturated carbocycles. The third-order valence-electron chi connectivity index (χ3n) is 5.11. The van der Waals surface area contributed by atoms with Crippen molar-refractivity contribution in [3.05, 3.63) is 89.7 Å². The van der Waals surface area contributed by atoms with Crippen LogP contribution in [0.3, 0.4) is 0 Å². The number of hydrogen-bond acceptors (Lipinski definition) is 4.